The van der Waals surface area contributed by atoms with Crippen molar-refractivity contribution in [3.63, 3.8) is 0 Å². The van der Waals surface area contributed by atoms with Gasteiger partial charge in [0.25, 0.3) is 0 Å². The zero-order valence-corrected chi connectivity index (χ0v) is 15.7. The molecule has 0 aliphatic carbocycles. The fourth-order valence-corrected chi connectivity index (χ4v) is 4.48. The van der Waals surface area contributed by atoms with Crippen molar-refractivity contribution in [1.29, 1.82) is 0 Å². The summed E-state index contributed by atoms with van der Waals surface area (Å²) in [7, 11) is 0. The van der Waals surface area contributed by atoms with Crippen molar-refractivity contribution < 1.29 is 4.58 Å². The van der Waals surface area contributed by atoms with Gasteiger partial charge in [-0.3, -0.25) is 0 Å². The van der Waals surface area contributed by atoms with Crippen LogP contribution >= 0.6 is 0 Å². The second-order valence-electron chi connectivity index (χ2n) is 6.57. The van der Waals surface area contributed by atoms with Gasteiger partial charge in [0.05, 0.1) is 5.41 Å². The minimum atomic E-state index is 0.0611. The molecule has 122 valence electrons. The lowest BCUT2D eigenvalue weighted by Gasteiger charge is -2.50. The number of rotatable bonds is 5. The Balaban J connectivity index is 3.95. The van der Waals surface area contributed by atoms with E-state index in [9.17, 15) is 0 Å². The Labute approximate surface area is 137 Å². The van der Waals surface area contributed by atoms with Crippen molar-refractivity contribution in [2.24, 2.45) is 5.41 Å². The highest BCUT2D eigenvalue weighted by atomic mass is 15.1. The zero-order chi connectivity index (χ0) is 17.1. The van der Waals surface area contributed by atoms with Crippen molar-refractivity contribution >= 4 is 5.71 Å². The van der Waals surface area contributed by atoms with E-state index in [0.717, 1.165) is 24.8 Å². The number of hydrogen-bond acceptors (Lipinski definition) is 0. The first-order valence-corrected chi connectivity index (χ1v) is 8.60. The molecular formula is C21H34N+. The van der Waals surface area contributed by atoms with Crippen molar-refractivity contribution in [3.05, 3.63) is 48.2 Å². The largest absolute Gasteiger partial charge is 0.194 e. The summed E-state index contributed by atoms with van der Waals surface area (Å²) in [6.45, 7) is 24.2. The van der Waals surface area contributed by atoms with Crippen LogP contribution < -0.4 is 0 Å². The smallest absolute Gasteiger partial charge is 0.185 e. The third-order valence-corrected chi connectivity index (χ3v) is 6.08. The molecule has 1 atom stereocenters. The molecule has 0 radical (unpaired) electrons. The molecule has 0 aromatic heterocycles. The SMILES string of the molecule is C=CC=C1C(=C)C(C)=[N+](C(C)=CC)C(CC)(CC)C1(C)CC. The fraction of sp³-hybridized carbons (Fsp3) is 0.571. The van der Waals surface area contributed by atoms with Gasteiger partial charge in [0.1, 0.15) is 0 Å². The summed E-state index contributed by atoms with van der Waals surface area (Å²) in [6, 6.07) is 0. The number of allylic oxidation sites excluding steroid dienone is 5. The van der Waals surface area contributed by atoms with Gasteiger partial charge in [-0.05, 0) is 31.9 Å². The first-order chi connectivity index (χ1) is 10.3. The highest BCUT2D eigenvalue weighted by Gasteiger charge is 2.59. The zero-order valence-electron chi connectivity index (χ0n) is 15.7. The second kappa shape index (κ2) is 6.81. The van der Waals surface area contributed by atoms with E-state index in [0.29, 0.717) is 0 Å². The van der Waals surface area contributed by atoms with Crippen LogP contribution in [0.4, 0.5) is 0 Å². The molecule has 22 heavy (non-hydrogen) atoms. The van der Waals surface area contributed by atoms with Crippen LogP contribution in [0.3, 0.4) is 0 Å². The first kappa shape index (κ1) is 18.7. The van der Waals surface area contributed by atoms with Gasteiger partial charge in [0.2, 0.25) is 0 Å². The molecule has 1 aliphatic heterocycles. The predicted octanol–water partition coefficient (Wildman–Crippen LogP) is 6.04. The van der Waals surface area contributed by atoms with E-state index in [4.69, 9.17) is 0 Å². The number of nitrogens with zero attached hydrogens (tertiary/aromatic N) is 1. The normalized spacial score (nSPS) is 27.5. The van der Waals surface area contributed by atoms with E-state index in [1.165, 1.54) is 17.0 Å². The summed E-state index contributed by atoms with van der Waals surface area (Å²) < 4.78 is 2.55. The highest BCUT2D eigenvalue weighted by molar-refractivity contribution is 5.99. The third kappa shape index (κ3) is 2.35. The molecule has 1 aliphatic rings. The van der Waals surface area contributed by atoms with Gasteiger partial charge < -0.3 is 0 Å². The Morgan fingerprint density at radius 1 is 1.18 bits per heavy atom. The summed E-state index contributed by atoms with van der Waals surface area (Å²) >= 11 is 0. The van der Waals surface area contributed by atoms with Crippen LogP contribution in [-0.4, -0.2) is 15.8 Å². The van der Waals surface area contributed by atoms with Gasteiger partial charge in [-0.25, -0.2) is 0 Å². The van der Waals surface area contributed by atoms with Crippen LogP contribution in [0.5, 0.6) is 0 Å². The summed E-state index contributed by atoms with van der Waals surface area (Å²) in [6.07, 6.45) is 9.62. The monoisotopic (exact) mass is 300 g/mol. The Bertz CT molecular complexity index is 552. The summed E-state index contributed by atoms with van der Waals surface area (Å²) in [5.41, 5.74) is 5.25. The Kier molecular flexibility index (Phi) is 5.78. The average Bonchev–Trinajstić information content (AvgIpc) is 2.54. The van der Waals surface area contributed by atoms with E-state index >= 15 is 0 Å². The first-order valence-electron chi connectivity index (χ1n) is 8.60. The molecule has 1 rings (SSSR count). The molecule has 0 saturated carbocycles. The maximum Gasteiger partial charge on any atom is 0.185 e. The second-order valence-corrected chi connectivity index (χ2v) is 6.57. The van der Waals surface area contributed by atoms with E-state index in [-0.39, 0.29) is 11.0 Å². The van der Waals surface area contributed by atoms with E-state index in [2.05, 4.69) is 78.4 Å². The molecule has 0 bridgehead atoms. The van der Waals surface area contributed by atoms with Gasteiger partial charge >= 0.3 is 0 Å². The highest BCUT2D eigenvalue weighted by Crippen LogP contribution is 2.53. The van der Waals surface area contributed by atoms with E-state index < -0.39 is 0 Å². The Morgan fingerprint density at radius 2 is 1.73 bits per heavy atom. The lowest BCUT2D eigenvalue weighted by atomic mass is 9.57. The summed E-state index contributed by atoms with van der Waals surface area (Å²) in [5.74, 6) is 0. The summed E-state index contributed by atoms with van der Waals surface area (Å²) in [5, 5.41) is 0. The third-order valence-electron chi connectivity index (χ3n) is 6.08. The summed E-state index contributed by atoms with van der Waals surface area (Å²) in [4.78, 5) is 0. The van der Waals surface area contributed by atoms with Crippen LogP contribution in [0.15, 0.2) is 48.2 Å². The quantitative estimate of drug-likeness (QED) is 0.544. The predicted molar refractivity (Wildman–Crippen MR) is 99.5 cm³/mol. The topological polar surface area (TPSA) is 3.01 Å². The molecule has 1 nitrogen and oxygen atoms in total. The van der Waals surface area contributed by atoms with Crippen LogP contribution in [0.1, 0.15) is 67.7 Å². The molecular weight excluding hydrogens is 266 g/mol. The lowest BCUT2D eigenvalue weighted by Crippen LogP contribution is -2.59. The minimum Gasteiger partial charge on any atom is -0.194 e. The van der Waals surface area contributed by atoms with Crippen molar-refractivity contribution in [2.45, 2.75) is 73.3 Å². The molecule has 0 spiro atoms. The lowest BCUT2D eigenvalue weighted by molar-refractivity contribution is -0.590. The van der Waals surface area contributed by atoms with Crippen LogP contribution in [0.25, 0.3) is 0 Å². The van der Waals surface area contributed by atoms with Crippen LogP contribution in [0.2, 0.25) is 0 Å². The van der Waals surface area contributed by atoms with Gasteiger partial charge in [-0.1, -0.05) is 46.1 Å². The van der Waals surface area contributed by atoms with Crippen molar-refractivity contribution in [1.82, 2.24) is 0 Å². The minimum absolute atomic E-state index is 0.0611. The Morgan fingerprint density at radius 3 is 2.09 bits per heavy atom. The van der Waals surface area contributed by atoms with Crippen molar-refractivity contribution in [2.75, 3.05) is 0 Å². The molecule has 0 aromatic rings. The molecule has 0 fully saturated rings. The Hall–Kier alpha value is -1.37. The average molecular weight is 301 g/mol. The van der Waals surface area contributed by atoms with Gasteiger partial charge in [0, 0.05) is 32.3 Å². The molecule has 0 saturated heterocycles. The van der Waals surface area contributed by atoms with Gasteiger partial charge in [0.15, 0.2) is 16.9 Å². The van der Waals surface area contributed by atoms with Crippen molar-refractivity contribution in [3.8, 4) is 0 Å². The molecule has 0 N–H and O–H groups in total. The maximum absolute atomic E-state index is 4.42. The fourth-order valence-electron chi connectivity index (χ4n) is 4.48. The maximum atomic E-state index is 4.42. The molecule has 1 heteroatoms. The van der Waals surface area contributed by atoms with E-state index in [1.807, 2.05) is 6.08 Å². The molecule has 0 amide bonds. The van der Waals surface area contributed by atoms with E-state index in [1.54, 1.807) is 0 Å². The van der Waals surface area contributed by atoms with Crippen LogP contribution in [0, 0.1) is 5.41 Å². The molecule has 0 aromatic carbocycles. The van der Waals surface area contributed by atoms with Gasteiger partial charge in [-0.15, -0.1) is 0 Å². The standard InChI is InChI=1S/C21H34N/c1-10-15-19-17(7)18(8)22(16(6)11-2)21(13-4,14-5)20(19,9)12-3/h10-11,15H,1,7,12-14H2,2-6,8-9H3/q+1. The molecule has 1 heterocycles. The van der Waals surface area contributed by atoms with Gasteiger partial charge in [-0.2, -0.15) is 4.58 Å². The molecule has 1 unspecified atom stereocenters. The number of hydrogen-bond donors (Lipinski definition) is 0. The van der Waals surface area contributed by atoms with Crippen LogP contribution in [-0.2, 0) is 0 Å².